The van der Waals surface area contributed by atoms with Gasteiger partial charge in [-0.05, 0) is 18.4 Å². The van der Waals surface area contributed by atoms with Gasteiger partial charge in [-0.25, -0.2) is 4.79 Å². The van der Waals surface area contributed by atoms with E-state index >= 15 is 0 Å². The van der Waals surface area contributed by atoms with Gasteiger partial charge >= 0.3 is 6.09 Å². The molecule has 0 heterocycles. The van der Waals surface area contributed by atoms with E-state index in [-0.39, 0.29) is 31.1 Å². The standard InChI is InChI=1S/C16H23N3O3/c17-10-15(20)18-13-8-4-5-9-14(13)19-16(21)22-11-12-6-2-1-3-7-12/h1-3,6-7,13-14H,4-5,8-11,17H2,(H,18,20)(H,19,21)/t13-,14-/m1/s1. The largest absolute Gasteiger partial charge is 0.445 e. The summed E-state index contributed by atoms with van der Waals surface area (Å²) in [6.07, 6.45) is 3.28. The molecule has 4 N–H and O–H groups in total. The lowest BCUT2D eigenvalue weighted by molar-refractivity contribution is -0.120. The van der Waals surface area contributed by atoms with Crippen LogP contribution < -0.4 is 16.4 Å². The van der Waals surface area contributed by atoms with Gasteiger partial charge in [0, 0.05) is 6.04 Å². The maximum Gasteiger partial charge on any atom is 0.407 e. The molecular formula is C16H23N3O3. The minimum Gasteiger partial charge on any atom is -0.445 e. The zero-order chi connectivity index (χ0) is 15.8. The van der Waals surface area contributed by atoms with Crippen LogP contribution in [-0.4, -0.2) is 30.6 Å². The number of hydrogen-bond donors (Lipinski definition) is 3. The van der Waals surface area contributed by atoms with Gasteiger partial charge in [0.2, 0.25) is 5.91 Å². The highest BCUT2D eigenvalue weighted by Gasteiger charge is 2.27. The monoisotopic (exact) mass is 305 g/mol. The summed E-state index contributed by atoms with van der Waals surface area (Å²) in [6, 6.07) is 9.33. The molecule has 6 heteroatoms. The number of benzene rings is 1. The number of ether oxygens (including phenoxy) is 1. The quantitative estimate of drug-likeness (QED) is 0.764. The van der Waals surface area contributed by atoms with Crippen molar-refractivity contribution in [1.82, 2.24) is 10.6 Å². The summed E-state index contributed by atoms with van der Waals surface area (Å²) in [5.74, 6) is -0.198. The Kier molecular flexibility index (Phi) is 6.21. The van der Waals surface area contributed by atoms with Crippen LogP contribution in [0.1, 0.15) is 31.2 Å². The van der Waals surface area contributed by atoms with E-state index in [9.17, 15) is 9.59 Å². The SMILES string of the molecule is NCC(=O)N[C@@H]1CCCC[C@H]1NC(=O)OCc1ccccc1. The van der Waals surface area contributed by atoms with Crippen LogP contribution in [0.25, 0.3) is 0 Å². The van der Waals surface area contributed by atoms with Crippen LogP contribution in [0.2, 0.25) is 0 Å². The van der Waals surface area contributed by atoms with Crippen molar-refractivity contribution >= 4 is 12.0 Å². The summed E-state index contributed by atoms with van der Waals surface area (Å²) in [4.78, 5) is 23.4. The summed E-state index contributed by atoms with van der Waals surface area (Å²) < 4.78 is 5.22. The van der Waals surface area contributed by atoms with Gasteiger partial charge < -0.3 is 21.1 Å². The van der Waals surface area contributed by atoms with Crippen molar-refractivity contribution in [1.29, 1.82) is 0 Å². The van der Waals surface area contributed by atoms with Crippen LogP contribution in [0.15, 0.2) is 30.3 Å². The first kappa shape index (κ1) is 16.3. The van der Waals surface area contributed by atoms with Crippen molar-refractivity contribution < 1.29 is 14.3 Å². The van der Waals surface area contributed by atoms with Crippen LogP contribution >= 0.6 is 0 Å². The molecule has 0 radical (unpaired) electrons. The molecule has 1 fully saturated rings. The smallest absolute Gasteiger partial charge is 0.407 e. The molecule has 22 heavy (non-hydrogen) atoms. The van der Waals surface area contributed by atoms with Crippen molar-refractivity contribution in [2.75, 3.05) is 6.54 Å². The molecule has 1 aromatic carbocycles. The predicted molar refractivity (Wildman–Crippen MR) is 83.0 cm³/mol. The van der Waals surface area contributed by atoms with Crippen molar-refractivity contribution in [3.63, 3.8) is 0 Å². The minimum absolute atomic E-state index is 0.0400. The summed E-state index contributed by atoms with van der Waals surface area (Å²) >= 11 is 0. The molecule has 2 amide bonds. The Labute approximate surface area is 130 Å². The fourth-order valence-electron chi connectivity index (χ4n) is 2.66. The van der Waals surface area contributed by atoms with Crippen molar-refractivity contribution in [2.45, 2.75) is 44.4 Å². The number of carbonyl (C=O) groups is 2. The highest BCUT2D eigenvalue weighted by atomic mass is 16.5. The first-order chi connectivity index (χ1) is 10.7. The molecule has 1 saturated carbocycles. The summed E-state index contributed by atoms with van der Waals surface area (Å²) in [5.41, 5.74) is 6.26. The molecule has 0 saturated heterocycles. The second-order valence-electron chi connectivity index (χ2n) is 5.48. The highest BCUT2D eigenvalue weighted by Crippen LogP contribution is 2.18. The predicted octanol–water partition coefficient (Wildman–Crippen LogP) is 1.30. The Morgan fingerprint density at radius 3 is 2.36 bits per heavy atom. The Morgan fingerprint density at radius 2 is 1.73 bits per heavy atom. The zero-order valence-corrected chi connectivity index (χ0v) is 12.6. The highest BCUT2D eigenvalue weighted by molar-refractivity contribution is 5.78. The van der Waals surface area contributed by atoms with Gasteiger partial charge in [-0.15, -0.1) is 0 Å². The molecule has 1 aliphatic carbocycles. The number of carbonyl (C=O) groups excluding carboxylic acids is 2. The van der Waals surface area contributed by atoms with E-state index in [1.165, 1.54) is 0 Å². The molecule has 2 atom stereocenters. The summed E-state index contributed by atoms with van der Waals surface area (Å²) in [5, 5.41) is 5.72. The van der Waals surface area contributed by atoms with Crippen LogP contribution in [0, 0.1) is 0 Å². The average molecular weight is 305 g/mol. The van der Waals surface area contributed by atoms with E-state index in [0.717, 1.165) is 31.2 Å². The number of alkyl carbamates (subject to hydrolysis) is 1. The van der Waals surface area contributed by atoms with Crippen LogP contribution in [0.3, 0.4) is 0 Å². The number of rotatable bonds is 5. The first-order valence-corrected chi connectivity index (χ1v) is 7.65. The van der Waals surface area contributed by atoms with Gasteiger partial charge in [0.25, 0.3) is 0 Å². The van der Waals surface area contributed by atoms with E-state index in [1.807, 2.05) is 30.3 Å². The molecule has 1 aliphatic rings. The number of hydrogen-bond acceptors (Lipinski definition) is 4. The van der Waals surface area contributed by atoms with Gasteiger partial charge in [-0.1, -0.05) is 43.2 Å². The first-order valence-electron chi connectivity index (χ1n) is 7.65. The Balaban J connectivity index is 1.81. The number of amides is 2. The van der Waals surface area contributed by atoms with E-state index in [0.29, 0.717) is 0 Å². The van der Waals surface area contributed by atoms with Crippen LogP contribution in [0.4, 0.5) is 4.79 Å². The molecule has 120 valence electrons. The van der Waals surface area contributed by atoms with Crippen LogP contribution in [-0.2, 0) is 16.1 Å². The lowest BCUT2D eigenvalue weighted by atomic mass is 9.90. The molecule has 0 bridgehead atoms. The second kappa shape index (κ2) is 8.38. The third-order valence-corrected chi connectivity index (χ3v) is 3.81. The van der Waals surface area contributed by atoms with Gasteiger partial charge in [-0.3, -0.25) is 4.79 Å². The summed E-state index contributed by atoms with van der Waals surface area (Å²) in [6.45, 7) is 0.195. The zero-order valence-electron chi connectivity index (χ0n) is 12.6. The Morgan fingerprint density at radius 1 is 1.09 bits per heavy atom. The Hall–Kier alpha value is -2.08. The fraction of sp³-hybridized carbons (Fsp3) is 0.500. The van der Waals surface area contributed by atoms with E-state index in [1.54, 1.807) is 0 Å². The molecular weight excluding hydrogens is 282 g/mol. The molecule has 1 aromatic rings. The van der Waals surface area contributed by atoms with Crippen molar-refractivity contribution in [3.8, 4) is 0 Å². The van der Waals surface area contributed by atoms with Crippen LogP contribution in [0.5, 0.6) is 0 Å². The Bertz CT molecular complexity index is 493. The molecule has 0 spiro atoms. The lowest BCUT2D eigenvalue weighted by Crippen LogP contribution is -2.54. The average Bonchev–Trinajstić information content (AvgIpc) is 2.55. The molecule has 0 aliphatic heterocycles. The fourth-order valence-corrected chi connectivity index (χ4v) is 2.66. The molecule has 6 nitrogen and oxygen atoms in total. The third-order valence-electron chi connectivity index (χ3n) is 3.81. The molecule has 0 aromatic heterocycles. The maximum absolute atomic E-state index is 11.9. The normalized spacial score (nSPS) is 21.0. The van der Waals surface area contributed by atoms with E-state index < -0.39 is 6.09 Å². The van der Waals surface area contributed by atoms with Gasteiger partial charge in [-0.2, -0.15) is 0 Å². The third kappa shape index (κ3) is 5.04. The van der Waals surface area contributed by atoms with Crippen molar-refractivity contribution in [3.05, 3.63) is 35.9 Å². The maximum atomic E-state index is 11.9. The second-order valence-corrected chi connectivity index (χ2v) is 5.48. The number of nitrogens with two attached hydrogens (primary N) is 1. The van der Waals surface area contributed by atoms with Gasteiger partial charge in [0.05, 0.1) is 12.6 Å². The lowest BCUT2D eigenvalue weighted by Gasteiger charge is -2.32. The van der Waals surface area contributed by atoms with E-state index in [2.05, 4.69) is 10.6 Å². The minimum atomic E-state index is -0.456. The van der Waals surface area contributed by atoms with Gasteiger partial charge in [0.15, 0.2) is 0 Å². The molecule has 2 rings (SSSR count). The number of nitrogens with one attached hydrogen (secondary N) is 2. The van der Waals surface area contributed by atoms with E-state index in [4.69, 9.17) is 10.5 Å². The molecule has 0 unspecified atom stereocenters. The summed E-state index contributed by atoms with van der Waals surface area (Å²) in [7, 11) is 0. The topological polar surface area (TPSA) is 93.5 Å². The van der Waals surface area contributed by atoms with Gasteiger partial charge in [0.1, 0.15) is 6.61 Å². The van der Waals surface area contributed by atoms with Crippen molar-refractivity contribution in [2.24, 2.45) is 5.73 Å².